The van der Waals surface area contributed by atoms with Crippen LogP contribution in [0.4, 0.5) is 0 Å². The molecule has 0 saturated heterocycles. The van der Waals surface area contributed by atoms with Crippen molar-refractivity contribution in [1.82, 2.24) is 4.98 Å². The lowest BCUT2D eigenvalue weighted by atomic mass is 9.93. The number of nitrogens with two attached hydrogens (primary N) is 1. The molecule has 2 aromatic rings. The Morgan fingerprint density at radius 3 is 2.94 bits per heavy atom. The number of aromatic nitrogens is 1. The summed E-state index contributed by atoms with van der Waals surface area (Å²) in [6, 6.07) is 9.54. The van der Waals surface area contributed by atoms with Crippen molar-refractivity contribution < 1.29 is 4.79 Å². The molecule has 1 atom stereocenters. The number of carbonyl (C=O) groups is 1. The van der Waals surface area contributed by atoms with Gasteiger partial charge in [0, 0.05) is 29.6 Å². The highest BCUT2D eigenvalue weighted by molar-refractivity contribution is 6.00. The zero-order chi connectivity index (χ0) is 13.0. The SMILES string of the molecule is CCCC(CN)C(=O)c1ccc2cccnc2c1. The summed E-state index contributed by atoms with van der Waals surface area (Å²) in [6.07, 6.45) is 3.55. The van der Waals surface area contributed by atoms with Gasteiger partial charge in [-0.1, -0.05) is 31.5 Å². The second-order valence-electron chi connectivity index (χ2n) is 4.50. The van der Waals surface area contributed by atoms with Gasteiger partial charge < -0.3 is 5.73 Å². The van der Waals surface area contributed by atoms with E-state index in [1.165, 1.54) is 0 Å². The Morgan fingerprint density at radius 1 is 1.39 bits per heavy atom. The second-order valence-corrected chi connectivity index (χ2v) is 4.50. The minimum Gasteiger partial charge on any atom is -0.330 e. The molecule has 1 heterocycles. The number of ketones is 1. The predicted molar refractivity (Wildman–Crippen MR) is 73.5 cm³/mol. The van der Waals surface area contributed by atoms with Gasteiger partial charge in [-0.3, -0.25) is 9.78 Å². The average Bonchev–Trinajstić information content (AvgIpc) is 2.43. The molecule has 1 aromatic carbocycles. The molecule has 0 amide bonds. The first-order valence-electron chi connectivity index (χ1n) is 6.35. The number of carbonyl (C=O) groups excluding carboxylic acids is 1. The van der Waals surface area contributed by atoms with Crippen LogP contribution < -0.4 is 5.73 Å². The van der Waals surface area contributed by atoms with Gasteiger partial charge in [-0.2, -0.15) is 0 Å². The fraction of sp³-hybridized carbons (Fsp3) is 0.333. The van der Waals surface area contributed by atoms with E-state index in [2.05, 4.69) is 11.9 Å². The number of Topliss-reactive ketones (excluding diaryl/α,β-unsaturated/α-hetero) is 1. The summed E-state index contributed by atoms with van der Waals surface area (Å²) in [6.45, 7) is 2.48. The maximum absolute atomic E-state index is 12.3. The summed E-state index contributed by atoms with van der Waals surface area (Å²) in [5.74, 6) is 0.0584. The Hall–Kier alpha value is -1.74. The van der Waals surface area contributed by atoms with Gasteiger partial charge in [0.1, 0.15) is 0 Å². The van der Waals surface area contributed by atoms with Gasteiger partial charge in [0.15, 0.2) is 5.78 Å². The Labute approximate surface area is 107 Å². The summed E-state index contributed by atoms with van der Waals surface area (Å²) in [4.78, 5) is 16.6. The molecule has 1 aromatic heterocycles. The van der Waals surface area contributed by atoms with Gasteiger partial charge >= 0.3 is 0 Å². The van der Waals surface area contributed by atoms with Crippen LogP contribution in [-0.2, 0) is 0 Å². The first-order chi connectivity index (χ1) is 8.76. The molecule has 0 aliphatic heterocycles. The molecule has 3 heteroatoms. The number of nitrogens with zero attached hydrogens (tertiary/aromatic N) is 1. The Kier molecular flexibility index (Phi) is 4.05. The van der Waals surface area contributed by atoms with Crippen LogP contribution in [0.5, 0.6) is 0 Å². The van der Waals surface area contributed by atoms with E-state index in [1.54, 1.807) is 6.20 Å². The zero-order valence-electron chi connectivity index (χ0n) is 10.6. The van der Waals surface area contributed by atoms with Crippen LogP contribution in [0.3, 0.4) is 0 Å². The van der Waals surface area contributed by atoms with Gasteiger partial charge in [0.25, 0.3) is 0 Å². The van der Waals surface area contributed by atoms with Crippen molar-refractivity contribution in [2.24, 2.45) is 11.7 Å². The molecule has 2 N–H and O–H groups in total. The maximum Gasteiger partial charge on any atom is 0.167 e. The van der Waals surface area contributed by atoms with Gasteiger partial charge in [-0.25, -0.2) is 0 Å². The first kappa shape index (κ1) is 12.7. The van der Waals surface area contributed by atoms with E-state index in [0.717, 1.165) is 23.7 Å². The molecule has 0 aliphatic carbocycles. The summed E-state index contributed by atoms with van der Waals surface area (Å²) in [5.41, 5.74) is 7.24. The Morgan fingerprint density at radius 2 is 2.22 bits per heavy atom. The first-order valence-corrected chi connectivity index (χ1v) is 6.35. The highest BCUT2D eigenvalue weighted by atomic mass is 16.1. The Bertz CT molecular complexity index is 551. The topological polar surface area (TPSA) is 56.0 Å². The van der Waals surface area contributed by atoms with E-state index in [0.29, 0.717) is 12.1 Å². The van der Waals surface area contributed by atoms with Crippen LogP contribution in [0.1, 0.15) is 30.1 Å². The molecule has 0 radical (unpaired) electrons. The fourth-order valence-corrected chi connectivity index (χ4v) is 2.16. The van der Waals surface area contributed by atoms with E-state index >= 15 is 0 Å². The van der Waals surface area contributed by atoms with Crippen LogP contribution in [-0.4, -0.2) is 17.3 Å². The number of rotatable bonds is 5. The van der Waals surface area contributed by atoms with Crippen LogP contribution in [0, 0.1) is 5.92 Å². The van der Waals surface area contributed by atoms with Crippen LogP contribution in [0.2, 0.25) is 0 Å². The van der Waals surface area contributed by atoms with Crippen molar-refractivity contribution in [1.29, 1.82) is 0 Å². The van der Waals surface area contributed by atoms with Crippen molar-refractivity contribution in [3.63, 3.8) is 0 Å². The van der Waals surface area contributed by atoms with E-state index in [-0.39, 0.29) is 11.7 Å². The predicted octanol–water partition coefficient (Wildman–Crippen LogP) is 2.79. The van der Waals surface area contributed by atoms with Crippen molar-refractivity contribution in [2.45, 2.75) is 19.8 Å². The quantitative estimate of drug-likeness (QED) is 0.820. The minimum atomic E-state index is -0.0730. The molecule has 0 aliphatic rings. The lowest BCUT2D eigenvalue weighted by molar-refractivity contribution is 0.0917. The number of benzene rings is 1. The second kappa shape index (κ2) is 5.74. The molecule has 0 bridgehead atoms. The van der Waals surface area contributed by atoms with Crippen LogP contribution in [0.15, 0.2) is 36.5 Å². The molecular formula is C15H18N2O. The van der Waals surface area contributed by atoms with E-state index in [4.69, 9.17) is 5.73 Å². The van der Waals surface area contributed by atoms with Crippen molar-refractivity contribution in [3.8, 4) is 0 Å². The number of hydrogen-bond acceptors (Lipinski definition) is 3. The Balaban J connectivity index is 2.32. The van der Waals surface area contributed by atoms with E-state index in [9.17, 15) is 4.79 Å². The maximum atomic E-state index is 12.3. The standard InChI is InChI=1S/C15H18N2O/c1-2-4-13(10-16)15(18)12-7-6-11-5-3-8-17-14(11)9-12/h3,5-9,13H,2,4,10,16H2,1H3. The number of pyridine rings is 1. The van der Waals surface area contributed by atoms with Gasteiger partial charge in [-0.15, -0.1) is 0 Å². The van der Waals surface area contributed by atoms with E-state index in [1.807, 2.05) is 30.3 Å². The highest BCUT2D eigenvalue weighted by Crippen LogP contribution is 2.18. The van der Waals surface area contributed by atoms with Crippen LogP contribution >= 0.6 is 0 Å². The molecular weight excluding hydrogens is 224 g/mol. The lowest BCUT2D eigenvalue weighted by Gasteiger charge is -2.12. The summed E-state index contributed by atoms with van der Waals surface area (Å²) < 4.78 is 0. The molecule has 1 unspecified atom stereocenters. The summed E-state index contributed by atoms with van der Waals surface area (Å²) in [5, 5.41) is 1.05. The van der Waals surface area contributed by atoms with Crippen molar-refractivity contribution in [3.05, 3.63) is 42.1 Å². The van der Waals surface area contributed by atoms with Gasteiger partial charge in [0.2, 0.25) is 0 Å². The number of hydrogen-bond donors (Lipinski definition) is 1. The molecule has 2 rings (SSSR count). The molecule has 0 saturated carbocycles. The minimum absolute atomic E-state index is 0.0730. The van der Waals surface area contributed by atoms with E-state index < -0.39 is 0 Å². The van der Waals surface area contributed by atoms with Crippen molar-refractivity contribution >= 4 is 16.7 Å². The van der Waals surface area contributed by atoms with Gasteiger partial charge in [-0.05, 0) is 18.6 Å². The number of fused-ring (bicyclic) bond motifs is 1. The third-order valence-electron chi connectivity index (χ3n) is 3.18. The third kappa shape index (κ3) is 2.57. The van der Waals surface area contributed by atoms with Gasteiger partial charge in [0.05, 0.1) is 5.52 Å². The summed E-state index contributed by atoms with van der Waals surface area (Å²) >= 11 is 0. The monoisotopic (exact) mass is 242 g/mol. The molecule has 3 nitrogen and oxygen atoms in total. The lowest BCUT2D eigenvalue weighted by Crippen LogP contribution is -2.23. The molecule has 18 heavy (non-hydrogen) atoms. The van der Waals surface area contributed by atoms with Crippen LogP contribution in [0.25, 0.3) is 10.9 Å². The normalized spacial score (nSPS) is 12.6. The fourth-order valence-electron chi connectivity index (χ4n) is 2.16. The largest absolute Gasteiger partial charge is 0.330 e. The smallest absolute Gasteiger partial charge is 0.167 e. The van der Waals surface area contributed by atoms with Crippen molar-refractivity contribution in [2.75, 3.05) is 6.54 Å². The molecule has 0 spiro atoms. The molecule has 94 valence electrons. The highest BCUT2D eigenvalue weighted by Gasteiger charge is 2.17. The molecule has 0 fully saturated rings. The zero-order valence-corrected chi connectivity index (χ0v) is 10.6. The third-order valence-corrected chi connectivity index (χ3v) is 3.18. The average molecular weight is 242 g/mol. The summed E-state index contributed by atoms with van der Waals surface area (Å²) in [7, 11) is 0.